The summed E-state index contributed by atoms with van der Waals surface area (Å²) < 4.78 is 45.1. The van der Waals surface area contributed by atoms with E-state index in [9.17, 15) is 22.8 Å². The van der Waals surface area contributed by atoms with Gasteiger partial charge in [0.2, 0.25) is 5.91 Å². The molecule has 3 aliphatic rings. The monoisotopic (exact) mass is 548 g/mol. The Morgan fingerprint density at radius 3 is 2.71 bits per heavy atom. The topological polar surface area (TPSA) is 74.8 Å². The number of nitrogens with zero attached hydrogens (tertiary/aromatic N) is 3. The second kappa shape index (κ2) is 11.6. The molecule has 3 aliphatic heterocycles. The fraction of sp³-hybridized carbons (Fsp3) is 0.519. The molecule has 5 rings (SSSR count). The van der Waals surface area contributed by atoms with E-state index in [0.29, 0.717) is 31.1 Å². The van der Waals surface area contributed by atoms with Crippen molar-refractivity contribution in [1.29, 1.82) is 0 Å². The molecule has 0 aliphatic carbocycles. The van der Waals surface area contributed by atoms with Crippen LogP contribution < -0.4 is 5.32 Å². The maximum Gasteiger partial charge on any atom is 0.416 e. The SMILES string of the molecule is O=C(CN1CCc2ccc(C(F)(F)F)cc2C1=O)NC1CN(C2CCOCC2)CC1SCc1ccccn1. The van der Waals surface area contributed by atoms with Crippen molar-refractivity contribution in [2.45, 2.75) is 48.5 Å². The first kappa shape index (κ1) is 27.0. The first-order valence-electron chi connectivity index (χ1n) is 12.9. The van der Waals surface area contributed by atoms with Gasteiger partial charge in [-0.05, 0) is 49.1 Å². The molecule has 2 fully saturated rings. The normalized spacial score (nSPS) is 22.9. The second-order valence-electron chi connectivity index (χ2n) is 9.99. The van der Waals surface area contributed by atoms with E-state index in [2.05, 4.69) is 15.2 Å². The predicted octanol–water partition coefficient (Wildman–Crippen LogP) is 3.38. The summed E-state index contributed by atoms with van der Waals surface area (Å²) in [6.07, 6.45) is -0.435. The van der Waals surface area contributed by atoms with Gasteiger partial charge in [0.05, 0.1) is 23.8 Å². The number of nitrogens with one attached hydrogen (secondary N) is 1. The molecule has 0 radical (unpaired) electrons. The summed E-state index contributed by atoms with van der Waals surface area (Å²) in [6, 6.07) is 9.38. The lowest BCUT2D eigenvalue weighted by atomic mass is 9.96. The van der Waals surface area contributed by atoms with Crippen LogP contribution in [0, 0.1) is 0 Å². The van der Waals surface area contributed by atoms with Gasteiger partial charge in [0.25, 0.3) is 5.91 Å². The molecule has 0 bridgehead atoms. The van der Waals surface area contributed by atoms with Crippen LogP contribution in [0.4, 0.5) is 13.2 Å². The van der Waals surface area contributed by atoms with Gasteiger partial charge in [0.1, 0.15) is 0 Å². The Labute approximate surface area is 224 Å². The lowest BCUT2D eigenvalue weighted by Gasteiger charge is -2.31. The van der Waals surface area contributed by atoms with Gasteiger partial charge in [0, 0.05) is 61.7 Å². The van der Waals surface area contributed by atoms with E-state index in [-0.39, 0.29) is 29.3 Å². The van der Waals surface area contributed by atoms with Crippen molar-refractivity contribution >= 4 is 23.6 Å². The van der Waals surface area contributed by atoms with Crippen LogP contribution in [0.2, 0.25) is 0 Å². The second-order valence-corrected chi connectivity index (χ2v) is 11.2. The number of ether oxygens (including phenoxy) is 1. The van der Waals surface area contributed by atoms with Crippen molar-refractivity contribution in [2.75, 3.05) is 39.4 Å². The number of benzene rings is 1. The van der Waals surface area contributed by atoms with Crippen LogP contribution in [-0.4, -0.2) is 83.3 Å². The number of halogens is 3. The number of carbonyl (C=O) groups excluding carboxylic acids is 2. The molecule has 1 aromatic heterocycles. The highest BCUT2D eigenvalue weighted by atomic mass is 32.2. The Morgan fingerprint density at radius 2 is 1.97 bits per heavy atom. The average molecular weight is 549 g/mol. The van der Waals surface area contributed by atoms with Gasteiger partial charge in [-0.15, -0.1) is 11.8 Å². The van der Waals surface area contributed by atoms with E-state index in [1.807, 2.05) is 18.2 Å². The molecule has 1 aromatic carbocycles. The molecule has 7 nitrogen and oxygen atoms in total. The molecule has 38 heavy (non-hydrogen) atoms. The number of aromatic nitrogens is 1. The van der Waals surface area contributed by atoms with E-state index in [1.165, 1.54) is 11.0 Å². The van der Waals surface area contributed by atoms with Crippen molar-refractivity contribution in [3.05, 3.63) is 65.0 Å². The number of pyridine rings is 1. The third kappa shape index (κ3) is 6.32. The van der Waals surface area contributed by atoms with E-state index < -0.39 is 17.6 Å². The Hall–Kier alpha value is -2.63. The summed E-state index contributed by atoms with van der Waals surface area (Å²) in [6.45, 7) is 3.13. The molecule has 1 N–H and O–H groups in total. The van der Waals surface area contributed by atoms with Crippen LogP contribution in [-0.2, 0) is 27.9 Å². The van der Waals surface area contributed by atoms with E-state index in [1.54, 1.807) is 18.0 Å². The standard InChI is InChI=1S/C27H31F3N4O3S/c28-27(29,30)19-5-4-18-6-10-33(26(36)22(18)13-19)16-25(35)32-23-14-34(21-7-11-37-12-8-21)15-24(23)38-17-20-3-1-2-9-31-20/h1-5,9,13,21,23-24H,6-8,10-12,14-17H2,(H,32,35). The Balaban J connectivity index is 1.23. The minimum atomic E-state index is -4.53. The van der Waals surface area contributed by atoms with E-state index in [4.69, 9.17) is 4.74 Å². The van der Waals surface area contributed by atoms with Crippen LogP contribution in [0.1, 0.15) is 40.0 Å². The van der Waals surface area contributed by atoms with Gasteiger partial charge >= 0.3 is 6.18 Å². The Kier molecular flexibility index (Phi) is 8.25. The number of hydrogen-bond acceptors (Lipinski definition) is 6. The number of fused-ring (bicyclic) bond motifs is 1. The first-order chi connectivity index (χ1) is 18.3. The highest BCUT2D eigenvalue weighted by molar-refractivity contribution is 7.99. The highest BCUT2D eigenvalue weighted by Crippen LogP contribution is 2.32. The summed E-state index contributed by atoms with van der Waals surface area (Å²) in [5, 5.41) is 3.28. The lowest BCUT2D eigenvalue weighted by Crippen LogP contribution is -2.49. The molecule has 2 atom stereocenters. The largest absolute Gasteiger partial charge is 0.416 e. The van der Waals surface area contributed by atoms with Gasteiger partial charge in [0.15, 0.2) is 0 Å². The molecule has 0 spiro atoms. The van der Waals surface area contributed by atoms with Crippen molar-refractivity contribution in [3.63, 3.8) is 0 Å². The zero-order valence-electron chi connectivity index (χ0n) is 21.0. The van der Waals surface area contributed by atoms with Gasteiger partial charge in [-0.3, -0.25) is 19.5 Å². The quantitative estimate of drug-likeness (QED) is 0.572. The molecular formula is C27H31F3N4O3S. The fourth-order valence-corrected chi connectivity index (χ4v) is 6.65. The molecule has 2 unspecified atom stereocenters. The van der Waals surface area contributed by atoms with Crippen molar-refractivity contribution < 1.29 is 27.5 Å². The number of hydrogen-bond donors (Lipinski definition) is 1. The minimum absolute atomic E-state index is 0.0224. The van der Waals surface area contributed by atoms with Crippen LogP contribution in [0.5, 0.6) is 0 Å². The minimum Gasteiger partial charge on any atom is -0.381 e. The smallest absolute Gasteiger partial charge is 0.381 e. The summed E-state index contributed by atoms with van der Waals surface area (Å²) in [7, 11) is 0. The number of carbonyl (C=O) groups is 2. The molecule has 4 heterocycles. The van der Waals surface area contributed by atoms with Crippen LogP contribution >= 0.6 is 11.8 Å². The maximum absolute atomic E-state index is 13.2. The summed E-state index contributed by atoms with van der Waals surface area (Å²) in [5.41, 5.74) is 0.716. The number of likely N-dealkylation sites (tertiary alicyclic amines) is 1. The van der Waals surface area contributed by atoms with Crippen LogP contribution in [0.25, 0.3) is 0 Å². The number of rotatable bonds is 7. The first-order valence-corrected chi connectivity index (χ1v) is 13.9. The van der Waals surface area contributed by atoms with Gasteiger partial charge in [-0.25, -0.2) is 0 Å². The maximum atomic E-state index is 13.2. The lowest BCUT2D eigenvalue weighted by molar-refractivity contribution is -0.137. The summed E-state index contributed by atoms with van der Waals surface area (Å²) in [4.78, 5) is 34.3. The molecular weight excluding hydrogens is 517 g/mol. The zero-order chi connectivity index (χ0) is 26.7. The molecule has 2 aromatic rings. The predicted molar refractivity (Wildman–Crippen MR) is 138 cm³/mol. The van der Waals surface area contributed by atoms with Crippen LogP contribution in [0.3, 0.4) is 0 Å². The van der Waals surface area contributed by atoms with Crippen molar-refractivity contribution in [2.24, 2.45) is 0 Å². The third-order valence-electron chi connectivity index (χ3n) is 7.46. The molecule has 2 saturated heterocycles. The third-order valence-corrected chi connectivity index (χ3v) is 8.83. The van der Waals surface area contributed by atoms with Gasteiger partial charge in [-0.2, -0.15) is 13.2 Å². The molecule has 11 heteroatoms. The van der Waals surface area contributed by atoms with Crippen LogP contribution in [0.15, 0.2) is 42.6 Å². The summed E-state index contributed by atoms with van der Waals surface area (Å²) >= 11 is 1.76. The van der Waals surface area contributed by atoms with Gasteiger partial charge < -0.3 is 15.0 Å². The number of alkyl halides is 3. The fourth-order valence-electron chi connectivity index (χ4n) is 5.41. The zero-order valence-corrected chi connectivity index (χ0v) is 21.8. The molecule has 204 valence electrons. The molecule has 2 amide bonds. The average Bonchev–Trinajstić information content (AvgIpc) is 3.32. The van der Waals surface area contributed by atoms with Crippen molar-refractivity contribution in [1.82, 2.24) is 20.1 Å². The Bertz CT molecular complexity index is 1140. The van der Waals surface area contributed by atoms with E-state index >= 15 is 0 Å². The number of amides is 2. The van der Waals surface area contributed by atoms with Gasteiger partial charge in [-0.1, -0.05) is 12.1 Å². The summed E-state index contributed by atoms with van der Waals surface area (Å²) in [5.74, 6) is -0.109. The van der Waals surface area contributed by atoms with E-state index in [0.717, 1.165) is 56.2 Å². The molecule has 0 saturated carbocycles. The number of thioether (sulfide) groups is 1. The van der Waals surface area contributed by atoms with Crippen molar-refractivity contribution in [3.8, 4) is 0 Å². The highest BCUT2D eigenvalue weighted by Gasteiger charge is 2.39. The Morgan fingerprint density at radius 1 is 1.16 bits per heavy atom.